The van der Waals surface area contributed by atoms with Crippen LogP contribution in [-0.2, 0) is 0 Å². The zero-order chi connectivity index (χ0) is 22.9. The van der Waals surface area contributed by atoms with Crippen molar-refractivity contribution in [3.05, 3.63) is 105 Å². The first-order valence-corrected chi connectivity index (χ1v) is 12.3. The van der Waals surface area contributed by atoms with Gasteiger partial charge in [-0.25, -0.2) is 0 Å². The maximum atomic E-state index is 12.8. The van der Waals surface area contributed by atoms with E-state index in [1.54, 1.807) is 0 Å². The van der Waals surface area contributed by atoms with Gasteiger partial charge in [0.2, 0.25) is 0 Å². The zero-order valence-corrected chi connectivity index (χ0v) is 20.1. The fraction of sp³-hybridized carbons (Fsp3) is 0.259. The van der Waals surface area contributed by atoms with Crippen LogP contribution in [0.1, 0.15) is 46.2 Å². The Bertz CT molecular complexity index is 1190. The predicted molar refractivity (Wildman–Crippen MR) is 136 cm³/mol. The number of fused-ring (bicyclic) bond motifs is 1. The van der Waals surface area contributed by atoms with E-state index in [-0.39, 0.29) is 29.6 Å². The SMILES string of the molecule is O=C(NC1=NCC2C1CCC(c1ccc(Cl)cc1Cl)C2c1ccc(Cl)cc1)c1ccccc1. The highest BCUT2D eigenvalue weighted by molar-refractivity contribution is 6.35. The Hall–Kier alpha value is -2.33. The number of halogens is 3. The molecule has 1 amide bonds. The fourth-order valence-electron chi connectivity index (χ4n) is 5.43. The van der Waals surface area contributed by atoms with Crippen molar-refractivity contribution in [2.45, 2.75) is 24.7 Å². The molecule has 6 heteroatoms. The normalized spacial score (nSPS) is 24.2. The number of amides is 1. The van der Waals surface area contributed by atoms with Gasteiger partial charge in [0.15, 0.2) is 0 Å². The van der Waals surface area contributed by atoms with Crippen LogP contribution in [0.3, 0.4) is 0 Å². The van der Waals surface area contributed by atoms with E-state index in [2.05, 4.69) is 17.4 Å². The van der Waals surface area contributed by atoms with Crippen molar-refractivity contribution in [2.75, 3.05) is 6.54 Å². The van der Waals surface area contributed by atoms with E-state index in [0.29, 0.717) is 27.2 Å². The lowest BCUT2D eigenvalue weighted by Gasteiger charge is -2.41. The monoisotopic (exact) mass is 496 g/mol. The molecule has 1 aliphatic heterocycles. The van der Waals surface area contributed by atoms with Gasteiger partial charge in [0, 0.05) is 33.1 Å². The third-order valence-electron chi connectivity index (χ3n) is 6.92. The Morgan fingerprint density at radius 2 is 1.55 bits per heavy atom. The second-order valence-electron chi connectivity index (χ2n) is 8.74. The number of carbonyl (C=O) groups excluding carboxylic acids is 1. The molecule has 0 spiro atoms. The third kappa shape index (κ3) is 4.55. The van der Waals surface area contributed by atoms with E-state index in [0.717, 1.165) is 24.2 Å². The quantitative estimate of drug-likeness (QED) is 0.403. The Morgan fingerprint density at radius 3 is 2.27 bits per heavy atom. The highest BCUT2D eigenvalue weighted by Gasteiger charge is 2.46. The molecule has 5 rings (SSSR count). The van der Waals surface area contributed by atoms with Gasteiger partial charge in [0.05, 0.1) is 0 Å². The molecular weight excluding hydrogens is 475 g/mol. The van der Waals surface area contributed by atoms with Crippen LogP contribution in [0.15, 0.2) is 77.8 Å². The molecule has 1 fully saturated rings. The lowest BCUT2D eigenvalue weighted by Crippen LogP contribution is -2.40. The van der Waals surface area contributed by atoms with E-state index in [4.69, 9.17) is 39.8 Å². The molecule has 3 nitrogen and oxygen atoms in total. The van der Waals surface area contributed by atoms with E-state index in [1.807, 2.05) is 60.7 Å². The number of nitrogens with zero attached hydrogens (tertiary/aromatic N) is 1. The minimum Gasteiger partial charge on any atom is -0.310 e. The van der Waals surface area contributed by atoms with Gasteiger partial charge >= 0.3 is 0 Å². The first-order chi connectivity index (χ1) is 16.0. The Labute approximate surface area is 208 Å². The summed E-state index contributed by atoms with van der Waals surface area (Å²) < 4.78 is 0. The maximum Gasteiger partial charge on any atom is 0.256 e. The Morgan fingerprint density at radius 1 is 0.848 bits per heavy atom. The minimum atomic E-state index is -0.110. The van der Waals surface area contributed by atoms with Gasteiger partial charge < -0.3 is 5.32 Å². The van der Waals surface area contributed by atoms with Crippen molar-refractivity contribution in [3.63, 3.8) is 0 Å². The summed E-state index contributed by atoms with van der Waals surface area (Å²) in [6, 6.07) is 23.1. The summed E-state index contributed by atoms with van der Waals surface area (Å²) in [6.45, 7) is 0.671. The second-order valence-corrected chi connectivity index (χ2v) is 10.0. The van der Waals surface area contributed by atoms with Crippen molar-refractivity contribution in [2.24, 2.45) is 16.8 Å². The van der Waals surface area contributed by atoms with Crippen LogP contribution in [0, 0.1) is 11.8 Å². The van der Waals surface area contributed by atoms with Crippen molar-refractivity contribution < 1.29 is 4.79 Å². The van der Waals surface area contributed by atoms with E-state index >= 15 is 0 Å². The van der Waals surface area contributed by atoms with Crippen molar-refractivity contribution >= 4 is 46.5 Å². The fourth-order valence-corrected chi connectivity index (χ4v) is 6.10. The number of hydrogen-bond donors (Lipinski definition) is 1. The molecule has 0 bridgehead atoms. The Kier molecular flexibility index (Phi) is 6.47. The molecule has 2 aliphatic rings. The van der Waals surface area contributed by atoms with Gasteiger partial charge in [-0.3, -0.25) is 9.79 Å². The number of benzene rings is 3. The zero-order valence-electron chi connectivity index (χ0n) is 17.8. The highest BCUT2D eigenvalue weighted by Crippen LogP contribution is 2.53. The van der Waals surface area contributed by atoms with Crippen molar-refractivity contribution in [1.82, 2.24) is 5.32 Å². The molecule has 33 heavy (non-hydrogen) atoms. The molecule has 3 aromatic carbocycles. The molecule has 1 aliphatic carbocycles. The van der Waals surface area contributed by atoms with Crippen LogP contribution in [0.2, 0.25) is 15.1 Å². The van der Waals surface area contributed by atoms with Gasteiger partial charge in [0.1, 0.15) is 5.84 Å². The van der Waals surface area contributed by atoms with Gasteiger partial charge in [-0.2, -0.15) is 0 Å². The smallest absolute Gasteiger partial charge is 0.256 e. The Balaban J connectivity index is 1.45. The van der Waals surface area contributed by atoms with E-state index < -0.39 is 0 Å². The molecule has 168 valence electrons. The first-order valence-electron chi connectivity index (χ1n) is 11.1. The largest absolute Gasteiger partial charge is 0.310 e. The lowest BCUT2D eigenvalue weighted by atomic mass is 9.63. The van der Waals surface area contributed by atoms with Gasteiger partial charge in [-0.15, -0.1) is 0 Å². The summed E-state index contributed by atoms with van der Waals surface area (Å²) in [6.07, 6.45) is 1.88. The molecular formula is C27H23Cl3N2O. The first kappa shape index (κ1) is 22.5. The van der Waals surface area contributed by atoms with Gasteiger partial charge in [0.25, 0.3) is 5.91 Å². The third-order valence-corrected chi connectivity index (χ3v) is 7.73. The molecule has 0 radical (unpaired) electrons. The van der Waals surface area contributed by atoms with E-state index in [9.17, 15) is 4.79 Å². The van der Waals surface area contributed by atoms with E-state index in [1.165, 1.54) is 5.56 Å². The summed E-state index contributed by atoms with van der Waals surface area (Å²) in [5.74, 6) is 1.59. The number of hydrogen-bond acceptors (Lipinski definition) is 2. The number of nitrogens with one attached hydrogen (secondary N) is 1. The van der Waals surface area contributed by atoms with Gasteiger partial charge in [-0.05, 0) is 78.1 Å². The summed E-state index contributed by atoms with van der Waals surface area (Å²) in [4.78, 5) is 17.6. The van der Waals surface area contributed by atoms with Gasteiger partial charge in [-0.1, -0.05) is 71.2 Å². The highest BCUT2D eigenvalue weighted by atomic mass is 35.5. The topological polar surface area (TPSA) is 41.5 Å². The van der Waals surface area contributed by atoms with Crippen molar-refractivity contribution in [1.29, 1.82) is 0 Å². The molecule has 4 atom stereocenters. The van der Waals surface area contributed by atoms with Crippen LogP contribution >= 0.6 is 34.8 Å². The van der Waals surface area contributed by atoms with Crippen LogP contribution in [0.4, 0.5) is 0 Å². The summed E-state index contributed by atoms with van der Waals surface area (Å²) in [5.41, 5.74) is 2.97. The maximum absolute atomic E-state index is 12.8. The number of carbonyl (C=O) groups is 1. The average molecular weight is 498 g/mol. The summed E-state index contributed by atoms with van der Waals surface area (Å²) in [7, 11) is 0. The van der Waals surface area contributed by atoms with Crippen molar-refractivity contribution in [3.8, 4) is 0 Å². The molecule has 0 saturated heterocycles. The van der Waals surface area contributed by atoms with Crippen LogP contribution in [0.25, 0.3) is 0 Å². The number of rotatable bonds is 3. The van der Waals surface area contributed by atoms with Crippen LogP contribution < -0.4 is 5.32 Å². The average Bonchev–Trinajstić information content (AvgIpc) is 3.22. The molecule has 4 unspecified atom stereocenters. The number of amidine groups is 1. The minimum absolute atomic E-state index is 0.110. The standard InChI is InChI=1S/C27H23Cl3N2O/c28-18-8-6-16(7-9-18)25-21(20-11-10-19(29)14-24(20)30)12-13-22-23(25)15-31-26(22)32-27(33)17-4-2-1-3-5-17/h1-11,14,21-23,25H,12-13,15H2,(H,31,32,33). The predicted octanol–water partition coefficient (Wildman–Crippen LogP) is 7.38. The molecule has 1 N–H and O–H groups in total. The van der Waals surface area contributed by atoms with Crippen LogP contribution in [-0.4, -0.2) is 18.3 Å². The molecule has 0 aromatic heterocycles. The lowest BCUT2D eigenvalue weighted by molar-refractivity contribution is 0.0974. The number of aliphatic imine (C=N–C) groups is 1. The molecule has 3 aromatic rings. The molecule has 1 heterocycles. The summed E-state index contributed by atoms with van der Waals surface area (Å²) in [5, 5.41) is 5.14. The summed E-state index contributed by atoms with van der Waals surface area (Å²) >= 11 is 19.0. The van der Waals surface area contributed by atoms with Crippen LogP contribution in [0.5, 0.6) is 0 Å². The second kappa shape index (κ2) is 9.50. The molecule has 1 saturated carbocycles.